The minimum absolute atomic E-state index is 0.104. The van der Waals surface area contributed by atoms with Crippen LogP contribution in [0, 0.1) is 11.3 Å². The van der Waals surface area contributed by atoms with E-state index in [4.69, 9.17) is 9.78 Å². The van der Waals surface area contributed by atoms with Crippen molar-refractivity contribution in [2.45, 2.75) is 25.7 Å². The first-order valence-corrected chi connectivity index (χ1v) is 5.40. The zero-order valence-corrected chi connectivity index (χ0v) is 9.79. The third-order valence-corrected chi connectivity index (χ3v) is 2.52. The smallest absolute Gasteiger partial charge is 0.229 e. The highest BCUT2D eigenvalue weighted by Crippen LogP contribution is 2.21. The van der Waals surface area contributed by atoms with E-state index in [0.29, 0.717) is 18.1 Å². The fourth-order valence-corrected chi connectivity index (χ4v) is 1.49. The van der Waals surface area contributed by atoms with Crippen LogP contribution >= 0.6 is 0 Å². The van der Waals surface area contributed by atoms with Gasteiger partial charge < -0.3 is 4.52 Å². The zero-order chi connectivity index (χ0) is 12.3. The molecule has 0 spiro atoms. The van der Waals surface area contributed by atoms with Gasteiger partial charge in [-0.3, -0.25) is 4.68 Å². The van der Waals surface area contributed by atoms with Crippen LogP contribution < -0.4 is 0 Å². The van der Waals surface area contributed by atoms with Crippen molar-refractivity contribution in [1.29, 1.82) is 5.26 Å². The zero-order valence-electron chi connectivity index (χ0n) is 9.79. The summed E-state index contributed by atoms with van der Waals surface area (Å²) in [5.74, 6) is 1.21. The van der Waals surface area contributed by atoms with Crippen LogP contribution in [0.1, 0.15) is 31.6 Å². The van der Waals surface area contributed by atoms with Gasteiger partial charge in [-0.1, -0.05) is 12.1 Å². The van der Waals surface area contributed by atoms with Gasteiger partial charge in [0.1, 0.15) is 0 Å². The maximum Gasteiger partial charge on any atom is 0.229 e. The van der Waals surface area contributed by atoms with Crippen molar-refractivity contribution in [3.8, 4) is 17.5 Å². The molecule has 0 fully saturated rings. The summed E-state index contributed by atoms with van der Waals surface area (Å²) in [5.41, 5.74) is 0.829. The largest absolute Gasteiger partial charge is 0.339 e. The number of aromatic nitrogens is 4. The minimum atomic E-state index is 0.104. The van der Waals surface area contributed by atoms with E-state index in [1.807, 2.05) is 20.2 Å². The lowest BCUT2D eigenvalue weighted by molar-refractivity contribution is 0.355. The van der Waals surface area contributed by atoms with Crippen LogP contribution in [0.3, 0.4) is 0 Å². The Bertz CT molecular complexity index is 536. The van der Waals surface area contributed by atoms with E-state index in [1.54, 1.807) is 10.9 Å². The van der Waals surface area contributed by atoms with Crippen molar-refractivity contribution >= 4 is 0 Å². The lowest BCUT2D eigenvalue weighted by Gasteiger charge is -2.00. The van der Waals surface area contributed by atoms with Gasteiger partial charge in [0.05, 0.1) is 17.8 Å². The number of hydrogen-bond acceptors (Lipinski definition) is 5. The predicted molar refractivity (Wildman–Crippen MR) is 59.8 cm³/mol. The molecule has 6 nitrogen and oxygen atoms in total. The van der Waals surface area contributed by atoms with Crippen molar-refractivity contribution in [3.63, 3.8) is 0 Å². The summed E-state index contributed by atoms with van der Waals surface area (Å²) in [6.45, 7) is 1.97. The SMILES string of the molecule is CC(CCC#N)c1nc(-c2cnn(C)c2)no1. The highest BCUT2D eigenvalue weighted by Gasteiger charge is 2.15. The van der Waals surface area contributed by atoms with Crippen molar-refractivity contribution < 1.29 is 4.52 Å². The number of nitriles is 1. The van der Waals surface area contributed by atoms with Gasteiger partial charge in [-0.05, 0) is 6.42 Å². The Morgan fingerprint density at radius 3 is 3.06 bits per heavy atom. The van der Waals surface area contributed by atoms with Crippen molar-refractivity contribution in [2.24, 2.45) is 7.05 Å². The molecule has 0 aliphatic rings. The maximum absolute atomic E-state index is 8.52. The highest BCUT2D eigenvalue weighted by molar-refractivity contribution is 5.51. The van der Waals surface area contributed by atoms with E-state index in [0.717, 1.165) is 12.0 Å². The second kappa shape index (κ2) is 4.78. The maximum atomic E-state index is 8.52. The van der Waals surface area contributed by atoms with E-state index in [2.05, 4.69) is 21.3 Å². The number of hydrogen-bond donors (Lipinski definition) is 0. The topological polar surface area (TPSA) is 80.5 Å². The van der Waals surface area contributed by atoms with Crippen LogP contribution in [0.4, 0.5) is 0 Å². The van der Waals surface area contributed by atoms with Gasteiger partial charge in [-0.25, -0.2) is 0 Å². The van der Waals surface area contributed by atoms with Gasteiger partial charge in [0.2, 0.25) is 11.7 Å². The van der Waals surface area contributed by atoms with Gasteiger partial charge in [0, 0.05) is 25.6 Å². The molecule has 0 saturated carbocycles. The minimum Gasteiger partial charge on any atom is -0.339 e. The lowest BCUT2D eigenvalue weighted by atomic mass is 10.1. The molecule has 0 aliphatic heterocycles. The first-order valence-electron chi connectivity index (χ1n) is 5.40. The van der Waals surface area contributed by atoms with Gasteiger partial charge in [-0.15, -0.1) is 0 Å². The average molecular weight is 231 g/mol. The van der Waals surface area contributed by atoms with Crippen LogP contribution in [0.15, 0.2) is 16.9 Å². The van der Waals surface area contributed by atoms with E-state index < -0.39 is 0 Å². The van der Waals surface area contributed by atoms with Gasteiger partial charge in [0.15, 0.2) is 0 Å². The summed E-state index contributed by atoms with van der Waals surface area (Å²) >= 11 is 0. The molecule has 2 aromatic heterocycles. The van der Waals surface area contributed by atoms with E-state index in [1.165, 1.54) is 0 Å². The molecule has 6 heteroatoms. The molecule has 88 valence electrons. The summed E-state index contributed by atoms with van der Waals surface area (Å²) < 4.78 is 6.86. The molecule has 2 heterocycles. The molecule has 0 bridgehead atoms. The summed E-state index contributed by atoms with van der Waals surface area (Å²) in [6.07, 6.45) is 4.74. The molecule has 0 N–H and O–H groups in total. The Labute approximate surface area is 98.9 Å². The lowest BCUT2D eigenvalue weighted by Crippen LogP contribution is -1.93. The molecule has 17 heavy (non-hydrogen) atoms. The van der Waals surface area contributed by atoms with E-state index in [-0.39, 0.29) is 5.92 Å². The number of rotatable bonds is 4. The third-order valence-electron chi connectivity index (χ3n) is 2.52. The van der Waals surface area contributed by atoms with Crippen LogP contribution in [-0.4, -0.2) is 19.9 Å². The van der Waals surface area contributed by atoms with Crippen LogP contribution in [-0.2, 0) is 7.05 Å². The summed E-state index contributed by atoms with van der Waals surface area (Å²) in [6, 6.07) is 2.11. The van der Waals surface area contributed by atoms with Crippen molar-refractivity contribution in [1.82, 2.24) is 19.9 Å². The van der Waals surface area contributed by atoms with Crippen LogP contribution in [0.5, 0.6) is 0 Å². The quantitative estimate of drug-likeness (QED) is 0.802. The number of nitrogens with zero attached hydrogens (tertiary/aromatic N) is 5. The summed E-state index contributed by atoms with van der Waals surface area (Å²) in [5, 5.41) is 16.5. The van der Waals surface area contributed by atoms with Gasteiger partial charge in [-0.2, -0.15) is 15.3 Å². The van der Waals surface area contributed by atoms with E-state index >= 15 is 0 Å². The fourth-order valence-electron chi connectivity index (χ4n) is 1.49. The molecular formula is C11H13N5O. The second-order valence-corrected chi connectivity index (χ2v) is 3.96. The molecule has 0 aliphatic carbocycles. The van der Waals surface area contributed by atoms with Crippen molar-refractivity contribution in [3.05, 3.63) is 18.3 Å². The molecule has 2 aromatic rings. The summed E-state index contributed by atoms with van der Waals surface area (Å²) in [4.78, 5) is 4.31. The second-order valence-electron chi connectivity index (χ2n) is 3.96. The molecule has 1 unspecified atom stereocenters. The standard InChI is InChI=1S/C11H13N5O/c1-8(4-3-5-12)11-14-10(15-17-11)9-6-13-16(2)7-9/h6-8H,3-4H2,1-2H3. The Morgan fingerprint density at radius 2 is 2.41 bits per heavy atom. The Hall–Kier alpha value is -2.16. The molecule has 0 aromatic carbocycles. The van der Waals surface area contributed by atoms with Crippen LogP contribution in [0.25, 0.3) is 11.4 Å². The van der Waals surface area contributed by atoms with E-state index in [9.17, 15) is 0 Å². The third kappa shape index (κ3) is 2.50. The Kier molecular flexibility index (Phi) is 3.19. The molecule has 0 radical (unpaired) electrons. The van der Waals surface area contributed by atoms with Crippen molar-refractivity contribution in [2.75, 3.05) is 0 Å². The monoisotopic (exact) mass is 231 g/mol. The molecule has 0 saturated heterocycles. The fraction of sp³-hybridized carbons (Fsp3) is 0.455. The van der Waals surface area contributed by atoms with Gasteiger partial charge >= 0.3 is 0 Å². The first kappa shape index (κ1) is 11.3. The molecular weight excluding hydrogens is 218 g/mol. The Morgan fingerprint density at radius 1 is 1.59 bits per heavy atom. The molecule has 2 rings (SSSR count). The molecule has 0 amide bonds. The molecule has 1 atom stereocenters. The summed E-state index contributed by atoms with van der Waals surface area (Å²) in [7, 11) is 1.83. The highest BCUT2D eigenvalue weighted by atomic mass is 16.5. The number of aryl methyl sites for hydroxylation is 1. The average Bonchev–Trinajstić information content (AvgIpc) is 2.93. The Balaban J connectivity index is 2.13. The predicted octanol–water partition coefficient (Wildman–Crippen LogP) is 1.88. The van der Waals surface area contributed by atoms with Gasteiger partial charge in [0.25, 0.3) is 0 Å². The van der Waals surface area contributed by atoms with Crippen LogP contribution in [0.2, 0.25) is 0 Å². The normalized spacial score (nSPS) is 12.3. The first-order chi connectivity index (χ1) is 8.20.